The lowest BCUT2D eigenvalue weighted by atomic mass is 10.3. The van der Waals surface area contributed by atoms with E-state index in [9.17, 15) is 14.4 Å². The molecule has 0 unspecified atom stereocenters. The maximum atomic E-state index is 11.0. The summed E-state index contributed by atoms with van der Waals surface area (Å²) in [6, 6.07) is 2.39. The van der Waals surface area contributed by atoms with Crippen LogP contribution < -0.4 is 14.2 Å². The van der Waals surface area contributed by atoms with E-state index in [4.69, 9.17) is 16.7 Å². The Morgan fingerprint density at radius 3 is 2.50 bits per heavy atom. The molecule has 0 amide bonds. The zero-order chi connectivity index (χ0) is 13.3. The molecule has 1 N–H and O–H groups in total. The van der Waals surface area contributed by atoms with E-state index in [1.54, 1.807) is 0 Å². The van der Waals surface area contributed by atoms with Gasteiger partial charge in [-0.1, -0.05) is 11.6 Å². The normalized spacial score (nSPS) is 13.6. The number of rotatable bonds is 1. The average molecular weight is 275 g/mol. The van der Waals surface area contributed by atoms with E-state index in [0.717, 1.165) is 0 Å². The first-order chi connectivity index (χ1) is 8.47. The predicted octanol–water partition coefficient (Wildman–Crippen LogP) is 2.42. The van der Waals surface area contributed by atoms with Crippen LogP contribution in [-0.2, 0) is 4.74 Å². The van der Waals surface area contributed by atoms with Gasteiger partial charge in [-0.25, -0.2) is 14.4 Å². The van der Waals surface area contributed by atoms with Crippen molar-refractivity contribution < 1.29 is 38.4 Å². The highest BCUT2D eigenvalue weighted by Gasteiger charge is 2.29. The summed E-state index contributed by atoms with van der Waals surface area (Å²) in [6.45, 7) is 0. The summed E-state index contributed by atoms with van der Waals surface area (Å²) in [5, 5.41) is 8.37. The maximum absolute atomic E-state index is 11.0. The van der Waals surface area contributed by atoms with Crippen LogP contribution in [-0.4, -0.2) is 23.6 Å². The van der Waals surface area contributed by atoms with E-state index >= 15 is 0 Å². The summed E-state index contributed by atoms with van der Waals surface area (Å²) in [6.07, 6.45) is -4.39. The second kappa shape index (κ2) is 4.41. The maximum Gasteiger partial charge on any atom is 0.524 e. The van der Waals surface area contributed by atoms with Gasteiger partial charge in [-0.05, 0) is 12.1 Å². The number of hydrogen-bond acceptors (Lipinski definition) is 7. The minimum Gasteiger partial charge on any atom is -0.449 e. The van der Waals surface area contributed by atoms with E-state index in [-0.39, 0.29) is 10.8 Å². The van der Waals surface area contributed by atoms with Crippen LogP contribution in [0.25, 0.3) is 0 Å². The van der Waals surface area contributed by atoms with Crippen molar-refractivity contribution in [1.82, 2.24) is 0 Å². The molecule has 94 valence electrons. The zero-order valence-electron chi connectivity index (χ0n) is 8.34. The van der Waals surface area contributed by atoms with Crippen LogP contribution in [0, 0.1) is 0 Å². The third-order valence-electron chi connectivity index (χ3n) is 1.76. The van der Waals surface area contributed by atoms with Crippen molar-refractivity contribution >= 4 is 30.1 Å². The predicted molar refractivity (Wildman–Crippen MR) is 53.2 cm³/mol. The lowest BCUT2D eigenvalue weighted by Crippen LogP contribution is -2.15. The van der Waals surface area contributed by atoms with Gasteiger partial charge in [0.25, 0.3) is 0 Å². The lowest BCUT2D eigenvalue weighted by molar-refractivity contribution is 0.0987. The number of carbonyl (C=O) groups is 3. The van der Waals surface area contributed by atoms with Crippen molar-refractivity contribution in [3.8, 4) is 17.2 Å². The average Bonchev–Trinajstić information content (AvgIpc) is 2.40. The van der Waals surface area contributed by atoms with Gasteiger partial charge >= 0.3 is 18.5 Å². The number of benzene rings is 1. The van der Waals surface area contributed by atoms with Crippen LogP contribution in [0.4, 0.5) is 14.4 Å². The van der Waals surface area contributed by atoms with Crippen molar-refractivity contribution in [3.05, 3.63) is 17.2 Å². The van der Waals surface area contributed by atoms with Gasteiger partial charge in [0.1, 0.15) is 0 Å². The topological polar surface area (TPSA) is 108 Å². The van der Waals surface area contributed by atoms with Crippen LogP contribution in [0.15, 0.2) is 12.1 Å². The molecule has 8 nitrogen and oxygen atoms in total. The molecule has 1 aromatic rings. The molecule has 0 radical (unpaired) electrons. The van der Waals surface area contributed by atoms with E-state index in [0.29, 0.717) is 0 Å². The molecule has 2 rings (SSSR count). The van der Waals surface area contributed by atoms with Gasteiger partial charge in [0.15, 0.2) is 11.5 Å². The minimum atomic E-state index is -1.68. The fourth-order valence-corrected chi connectivity index (χ4v) is 1.35. The molecule has 0 fully saturated rings. The number of halogens is 1. The molecule has 0 atom stereocenters. The number of ether oxygens (including phenoxy) is 4. The highest BCUT2D eigenvalue weighted by molar-refractivity contribution is 6.32. The Morgan fingerprint density at radius 2 is 1.83 bits per heavy atom. The van der Waals surface area contributed by atoms with Gasteiger partial charge in [0, 0.05) is 0 Å². The zero-order valence-corrected chi connectivity index (χ0v) is 9.09. The first-order valence-electron chi connectivity index (χ1n) is 4.32. The standard InChI is InChI=1S/C9H3ClO8/c10-3-1-2-4-6(5(3)16-7(11)12)17-9(14)18-8(13)15-4/h1-2H,(H,11,12). The Balaban J connectivity index is 2.54. The molecule has 1 aromatic carbocycles. The van der Waals surface area contributed by atoms with E-state index in [1.165, 1.54) is 12.1 Å². The van der Waals surface area contributed by atoms with Crippen LogP contribution >= 0.6 is 11.6 Å². The summed E-state index contributed by atoms with van der Waals surface area (Å²) in [7, 11) is 0. The van der Waals surface area contributed by atoms with Crippen molar-refractivity contribution in [3.63, 3.8) is 0 Å². The molecular weight excluding hydrogens is 272 g/mol. The summed E-state index contributed by atoms with van der Waals surface area (Å²) in [5.41, 5.74) is 0. The van der Waals surface area contributed by atoms with Gasteiger partial charge in [-0.2, -0.15) is 0 Å². The van der Waals surface area contributed by atoms with Gasteiger partial charge in [0.2, 0.25) is 5.75 Å². The Kier molecular flexibility index (Phi) is 2.94. The molecular formula is C9H3ClO8. The number of carbonyl (C=O) groups excluding carboxylic acids is 2. The number of fused-ring (bicyclic) bond motifs is 1. The van der Waals surface area contributed by atoms with Crippen LogP contribution in [0.3, 0.4) is 0 Å². The lowest BCUT2D eigenvalue weighted by Gasteiger charge is -2.09. The Labute approximate surface area is 104 Å². The monoisotopic (exact) mass is 274 g/mol. The second-order valence-electron chi connectivity index (χ2n) is 2.88. The molecule has 1 aliphatic heterocycles. The molecule has 1 heterocycles. The molecule has 0 saturated carbocycles. The van der Waals surface area contributed by atoms with Crippen LogP contribution in [0.5, 0.6) is 17.2 Å². The first kappa shape index (κ1) is 12.0. The van der Waals surface area contributed by atoms with E-state index in [2.05, 4.69) is 18.9 Å². The Hall–Kier alpha value is -2.48. The smallest absolute Gasteiger partial charge is 0.449 e. The van der Waals surface area contributed by atoms with Gasteiger partial charge in [0.05, 0.1) is 5.02 Å². The molecule has 18 heavy (non-hydrogen) atoms. The Bertz CT molecular complexity index is 552. The third kappa shape index (κ3) is 2.28. The number of hydrogen-bond donors (Lipinski definition) is 1. The fourth-order valence-electron chi connectivity index (χ4n) is 1.16. The van der Waals surface area contributed by atoms with Crippen LogP contribution in [0.2, 0.25) is 5.02 Å². The van der Waals surface area contributed by atoms with Gasteiger partial charge in [-0.3, -0.25) is 0 Å². The third-order valence-corrected chi connectivity index (χ3v) is 2.06. The second-order valence-corrected chi connectivity index (χ2v) is 3.29. The van der Waals surface area contributed by atoms with Crippen molar-refractivity contribution in [2.45, 2.75) is 0 Å². The molecule has 0 bridgehead atoms. The number of cyclic esters (lactones) is 2. The molecule has 1 aliphatic rings. The van der Waals surface area contributed by atoms with E-state index in [1.807, 2.05) is 0 Å². The fraction of sp³-hybridized carbons (Fsp3) is 0. The van der Waals surface area contributed by atoms with Crippen molar-refractivity contribution in [2.75, 3.05) is 0 Å². The largest absolute Gasteiger partial charge is 0.524 e. The number of carboxylic acid groups (broad SMARTS) is 1. The summed E-state index contributed by atoms with van der Waals surface area (Å²) in [4.78, 5) is 32.4. The van der Waals surface area contributed by atoms with Crippen LogP contribution in [0.1, 0.15) is 0 Å². The molecule has 0 spiro atoms. The summed E-state index contributed by atoms with van der Waals surface area (Å²) in [5.74, 6) is -1.19. The summed E-state index contributed by atoms with van der Waals surface area (Å²) >= 11 is 5.68. The van der Waals surface area contributed by atoms with Crippen molar-refractivity contribution in [1.29, 1.82) is 0 Å². The quantitative estimate of drug-likeness (QED) is 0.472. The molecule has 9 heteroatoms. The highest BCUT2D eigenvalue weighted by atomic mass is 35.5. The molecule has 0 saturated heterocycles. The summed E-state index contributed by atoms with van der Waals surface area (Å²) < 4.78 is 17.5. The SMILES string of the molecule is O=C(O)Oc1c(Cl)ccc2c1OC(=O)OC(=O)O2. The highest BCUT2D eigenvalue weighted by Crippen LogP contribution is 2.44. The first-order valence-corrected chi connectivity index (χ1v) is 4.70. The molecule has 0 aliphatic carbocycles. The Morgan fingerprint density at radius 1 is 1.17 bits per heavy atom. The molecule has 0 aromatic heterocycles. The van der Waals surface area contributed by atoms with Gasteiger partial charge in [-0.15, -0.1) is 0 Å². The van der Waals surface area contributed by atoms with E-state index < -0.39 is 30.0 Å². The van der Waals surface area contributed by atoms with Crippen molar-refractivity contribution in [2.24, 2.45) is 0 Å². The minimum absolute atomic E-state index is 0.151. The van der Waals surface area contributed by atoms with Gasteiger partial charge < -0.3 is 24.1 Å².